The van der Waals surface area contributed by atoms with Crippen molar-refractivity contribution in [2.45, 2.75) is 6.92 Å². The molecule has 0 atom stereocenters. The molecular formula is C16H18N2O3. The molecule has 1 N–H and O–H groups in total. The van der Waals surface area contributed by atoms with Crippen LogP contribution in [0.15, 0.2) is 48.8 Å². The van der Waals surface area contributed by atoms with E-state index in [2.05, 4.69) is 10.3 Å². The highest BCUT2D eigenvalue weighted by Crippen LogP contribution is 2.24. The monoisotopic (exact) mass is 286 g/mol. The van der Waals surface area contributed by atoms with Crippen LogP contribution in [0, 0.1) is 0 Å². The summed E-state index contributed by atoms with van der Waals surface area (Å²) in [5.74, 6) is 0.429. The van der Waals surface area contributed by atoms with Gasteiger partial charge in [0.25, 0.3) is 5.91 Å². The smallest absolute Gasteiger partial charge is 0.255 e. The lowest BCUT2D eigenvalue weighted by atomic mass is 10.2. The van der Waals surface area contributed by atoms with Gasteiger partial charge in [0.05, 0.1) is 12.3 Å². The van der Waals surface area contributed by atoms with Gasteiger partial charge in [0.2, 0.25) is 0 Å². The van der Waals surface area contributed by atoms with Crippen LogP contribution >= 0.6 is 0 Å². The van der Waals surface area contributed by atoms with E-state index in [1.165, 1.54) is 0 Å². The first-order valence-corrected chi connectivity index (χ1v) is 6.82. The quantitative estimate of drug-likeness (QED) is 0.795. The molecule has 0 unspecified atom stereocenters. The number of hydrogen-bond acceptors (Lipinski definition) is 4. The maximum Gasteiger partial charge on any atom is 0.255 e. The molecule has 2 aromatic rings. The van der Waals surface area contributed by atoms with Crippen molar-refractivity contribution in [2.24, 2.45) is 0 Å². The molecule has 1 aromatic heterocycles. The Bertz CT molecular complexity index is 573. The van der Waals surface area contributed by atoms with Gasteiger partial charge in [-0.25, -0.2) is 0 Å². The first-order chi connectivity index (χ1) is 10.3. The Kier molecular flexibility index (Phi) is 5.72. The number of nitrogens with one attached hydrogen (secondary N) is 1. The predicted molar refractivity (Wildman–Crippen MR) is 80.6 cm³/mol. The number of para-hydroxylation sites is 2. The average molecular weight is 286 g/mol. The van der Waals surface area contributed by atoms with Crippen LogP contribution in [0.5, 0.6) is 5.75 Å². The summed E-state index contributed by atoms with van der Waals surface area (Å²) >= 11 is 0. The van der Waals surface area contributed by atoms with E-state index >= 15 is 0 Å². The zero-order valence-electron chi connectivity index (χ0n) is 11.9. The number of rotatable bonds is 7. The van der Waals surface area contributed by atoms with Gasteiger partial charge in [-0.1, -0.05) is 12.1 Å². The van der Waals surface area contributed by atoms with Crippen molar-refractivity contribution in [1.82, 2.24) is 4.98 Å². The number of aromatic nitrogens is 1. The summed E-state index contributed by atoms with van der Waals surface area (Å²) in [4.78, 5) is 16.0. The molecule has 0 bridgehead atoms. The van der Waals surface area contributed by atoms with Crippen LogP contribution in [-0.4, -0.2) is 30.7 Å². The van der Waals surface area contributed by atoms with Gasteiger partial charge in [-0.05, 0) is 31.2 Å². The number of amides is 1. The molecule has 1 amide bonds. The lowest BCUT2D eigenvalue weighted by Crippen LogP contribution is -2.14. The van der Waals surface area contributed by atoms with Crippen LogP contribution in [0.3, 0.4) is 0 Å². The van der Waals surface area contributed by atoms with Crippen molar-refractivity contribution in [3.8, 4) is 5.75 Å². The van der Waals surface area contributed by atoms with Crippen LogP contribution < -0.4 is 10.1 Å². The summed E-state index contributed by atoms with van der Waals surface area (Å²) in [6.45, 7) is 3.55. The fraction of sp³-hybridized carbons (Fsp3) is 0.250. The van der Waals surface area contributed by atoms with E-state index in [0.717, 1.165) is 0 Å². The Morgan fingerprint density at radius 1 is 1.14 bits per heavy atom. The molecule has 5 heteroatoms. The molecular weight excluding hydrogens is 268 g/mol. The maximum atomic E-state index is 12.1. The van der Waals surface area contributed by atoms with Crippen molar-refractivity contribution in [2.75, 3.05) is 25.1 Å². The topological polar surface area (TPSA) is 60.5 Å². The van der Waals surface area contributed by atoms with E-state index < -0.39 is 0 Å². The van der Waals surface area contributed by atoms with Gasteiger partial charge in [0.15, 0.2) is 0 Å². The van der Waals surface area contributed by atoms with Crippen LogP contribution in [-0.2, 0) is 4.74 Å². The summed E-state index contributed by atoms with van der Waals surface area (Å²) in [5, 5.41) is 2.84. The second-order valence-corrected chi connectivity index (χ2v) is 4.23. The van der Waals surface area contributed by atoms with Crippen molar-refractivity contribution >= 4 is 11.6 Å². The molecule has 0 aliphatic carbocycles. The minimum absolute atomic E-state index is 0.196. The normalized spacial score (nSPS) is 10.1. The average Bonchev–Trinajstić information content (AvgIpc) is 2.54. The van der Waals surface area contributed by atoms with E-state index in [1.54, 1.807) is 30.6 Å². The van der Waals surface area contributed by atoms with E-state index in [-0.39, 0.29) is 5.91 Å². The van der Waals surface area contributed by atoms with Gasteiger partial charge >= 0.3 is 0 Å². The van der Waals surface area contributed by atoms with Gasteiger partial charge in [-0.3, -0.25) is 9.78 Å². The third-order valence-electron chi connectivity index (χ3n) is 2.77. The molecule has 1 aromatic carbocycles. The highest BCUT2D eigenvalue weighted by atomic mass is 16.5. The summed E-state index contributed by atoms with van der Waals surface area (Å²) in [7, 11) is 0. The third kappa shape index (κ3) is 4.57. The molecule has 0 radical (unpaired) electrons. The number of carbonyl (C=O) groups is 1. The molecule has 5 nitrogen and oxygen atoms in total. The van der Waals surface area contributed by atoms with Crippen molar-refractivity contribution in [1.29, 1.82) is 0 Å². The van der Waals surface area contributed by atoms with Gasteiger partial charge in [-0.15, -0.1) is 0 Å². The molecule has 0 aliphatic rings. The molecule has 21 heavy (non-hydrogen) atoms. The number of pyridine rings is 1. The fourth-order valence-corrected chi connectivity index (χ4v) is 1.75. The van der Waals surface area contributed by atoms with Crippen LogP contribution in [0.2, 0.25) is 0 Å². The van der Waals surface area contributed by atoms with E-state index in [4.69, 9.17) is 9.47 Å². The standard InChI is InChI=1S/C16H18N2O3/c1-2-20-11-12-21-15-6-4-3-5-14(15)18-16(19)13-7-9-17-10-8-13/h3-10H,2,11-12H2,1H3,(H,18,19). The Morgan fingerprint density at radius 2 is 1.90 bits per heavy atom. The first-order valence-electron chi connectivity index (χ1n) is 6.82. The molecule has 0 fully saturated rings. The number of anilines is 1. The summed E-state index contributed by atoms with van der Waals surface area (Å²) in [6.07, 6.45) is 3.17. The molecule has 2 rings (SSSR count). The van der Waals surface area contributed by atoms with E-state index in [1.807, 2.05) is 25.1 Å². The Morgan fingerprint density at radius 3 is 2.67 bits per heavy atom. The van der Waals surface area contributed by atoms with Crippen LogP contribution in [0.25, 0.3) is 0 Å². The van der Waals surface area contributed by atoms with Crippen molar-refractivity contribution < 1.29 is 14.3 Å². The SMILES string of the molecule is CCOCCOc1ccccc1NC(=O)c1ccncc1. The number of nitrogens with zero attached hydrogens (tertiary/aromatic N) is 1. The zero-order chi connectivity index (χ0) is 14.9. The van der Waals surface area contributed by atoms with Gasteiger partial charge in [0.1, 0.15) is 12.4 Å². The molecule has 110 valence electrons. The van der Waals surface area contributed by atoms with Gasteiger partial charge in [-0.2, -0.15) is 0 Å². The van der Waals surface area contributed by atoms with Gasteiger partial charge < -0.3 is 14.8 Å². The Labute approximate surface area is 123 Å². The molecule has 0 saturated carbocycles. The van der Waals surface area contributed by atoms with E-state index in [0.29, 0.717) is 36.8 Å². The molecule has 0 saturated heterocycles. The number of hydrogen-bond donors (Lipinski definition) is 1. The number of benzene rings is 1. The molecule has 1 heterocycles. The minimum atomic E-state index is -0.196. The maximum absolute atomic E-state index is 12.1. The highest BCUT2D eigenvalue weighted by Gasteiger charge is 2.09. The van der Waals surface area contributed by atoms with Crippen molar-refractivity contribution in [3.63, 3.8) is 0 Å². The Hall–Kier alpha value is -2.40. The minimum Gasteiger partial charge on any atom is -0.489 e. The third-order valence-corrected chi connectivity index (χ3v) is 2.77. The van der Waals surface area contributed by atoms with E-state index in [9.17, 15) is 4.79 Å². The Balaban J connectivity index is 2.01. The predicted octanol–water partition coefficient (Wildman–Crippen LogP) is 2.75. The number of ether oxygens (including phenoxy) is 2. The molecule has 0 spiro atoms. The second-order valence-electron chi connectivity index (χ2n) is 4.23. The van der Waals surface area contributed by atoms with Gasteiger partial charge in [0, 0.05) is 24.6 Å². The lowest BCUT2D eigenvalue weighted by Gasteiger charge is -2.12. The summed E-state index contributed by atoms with van der Waals surface area (Å²) in [5.41, 5.74) is 1.19. The first kappa shape index (κ1) is 15.0. The van der Waals surface area contributed by atoms with Crippen LogP contribution in [0.1, 0.15) is 17.3 Å². The largest absolute Gasteiger partial charge is 0.489 e. The summed E-state index contributed by atoms with van der Waals surface area (Å²) in [6, 6.07) is 10.6. The zero-order valence-corrected chi connectivity index (χ0v) is 11.9. The summed E-state index contributed by atoms with van der Waals surface area (Å²) < 4.78 is 10.9. The lowest BCUT2D eigenvalue weighted by molar-refractivity contribution is 0.102. The van der Waals surface area contributed by atoms with Crippen LogP contribution in [0.4, 0.5) is 5.69 Å². The molecule has 0 aliphatic heterocycles. The second kappa shape index (κ2) is 8.01. The van der Waals surface area contributed by atoms with Crippen molar-refractivity contribution in [3.05, 3.63) is 54.4 Å². The number of carbonyl (C=O) groups excluding carboxylic acids is 1. The highest BCUT2D eigenvalue weighted by molar-refractivity contribution is 6.04. The fourth-order valence-electron chi connectivity index (χ4n) is 1.75.